The first-order chi connectivity index (χ1) is 14.7. The molecular weight excluding hydrogens is 499 g/mol. The molecule has 0 saturated carbocycles. The van der Waals surface area contributed by atoms with Crippen LogP contribution in [0.3, 0.4) is 0 Å². The van der Waals surface area contributed by atoms with E-state index < -0.39 is 60.5 Å². The third-order valence-electron chi connectivity index (χ3n) is 4.59. The van der Waals surface area contributed by atoms with Crippen molar-refractivity contribution in [2.45, 2.75) is 31.0 Å². The molecule has 2 aliphatic rings. The summed E-state index contributed by atoms with van der Waals surface area (Å²) in [4.78, 5) is 49.6. The molecule has 1 saturated heterocycles. The first kappa shape index (κ1) is 25.6. The highest BCUT2D eigenvalue weighted by Gasteiger charge is 2.49. The smallest absolute Gasteiger partial charge is 0.387 e. The van der Waals surface area contributed by atoms with E-state index >= 15 is 0 Å². The number of phosphoric acid groups is 3. The fourth-order valence-electron chi connectivity index (χ4n) is 3.28. The highest BCUT2D eigenvalue weighted by Crippen LogP contribution is 2.66. The van der Waals surface area contributed by atoms with Crippen LogP contribution in [0.25, 0.3) is 0 Å². The van der Waals surface area contributed by atoms with Gasteiger partial charge in [-0.3, -0.25) is 9.32 Å². The minimum Gasteiger partial charge on any atom is -0.387 e. The van der Waals surface area contributed by atoms with Crippen molar-refractivity contribution in [3.63, 3.8) is 0 Å². The molecule has 0 aliphatic carbocycles. The van der Waals surface area contributed by atoms with Gasteiger partial charge in [0.05, 0.1) is 6.61 Å². The molecule has 1 aromatic rings. The molecule has 18 heteroatoms. The van der Waals surface area contributed by atoms with E-state index in [1.54, 1.807) is 24.3 Å². The lowest BCUT2D eigenvalue weighted by molar-refractivity contribution is -0.0834. The third kappa shape index (κ3) is 6.10. The molecule has 180 valence electrons. The third-order valence-corrected chi connectivity index (χ3v) is 8.40. The largest absolute Gasteiger partial charge is 0.490 e. The Balaban J connectivity index is 1.63. The van der Waals surface area contributed by atoms with E-state index in [1.165, 1.54) is 4.90 Å². The minimum atomic E-state index is -5.70. The molecule has 6 atom stereocenters. The quantitative estimate of drug-likeness (QED) is 0.237. The number of amides is 1. The Hall–Kier alpha value is -1.02. The van der Waals surface area contributed by atoms with E-state index in [4.69, 9.17) is 19.4 Å². The van der Waals surface area contributed by atoms with Crippen molar-refractivity contribution >= 4 is 29.4 Å². The van der Waals surface area contributed by atoms with E-state index in [2.05, 4.69) is 13.1 Å². The van der Waals surface area contributed by atoms with Crippen LogP contribution in [0.5, 0.6) is 0 Å². The summed E-state index contributed by atoms with van der Waals surface area (Å²) in [5, 5.41) is 20.5. The lowest BCUT2D eigenvalue weighted by Gasteiger charge is -2.34. The van der Waals surface area contributed by atoms with Crippen LogP contribution in [0.15, 0.2) is 24.3 Å². The number of hydrogen-bond donors (Lipinski definition) is 6. The van der Waals surface area contributed by atoms with Crippen LogP contribution >= 0.6 is 23.5 Å². The molecule has 2 aliphatic heterocycles. The average molecular weight is 519 g/mol. The van der Waals surface area contributed by atoms with Crippen LogP contribution in [-0.2, 0) is 38.0 Å². The highest BCUT2D eigenvalue weighted by molar-refractivity contribution is 7.66. The van der Waals surface area contributed by atoms with Gasteiger partial charge in [-0.15, -0.1) is 0 Å². The van der Waals surface area contributed by atoms with Gasteiger partial charge >= 0.3 is 23.5 Å². The predicted octanol–water partition coefficient (Wildman–Crippen LogP) is -0.525. The van der Waals surface area contributed by atoms with E-state index in [1.807, 2.05) is 0 Å². The standard InChI is InChI=1S/C14H20NO14P3/c16-11-10(7-26-31(22,23)29-32(24,25)28-30(19,20)21)27-14(12(11)17)15-6-5-8-3-1-2-4-9(8)13(15)18/h1-4,10-12,14,16-17H,5-7H2,(H,22,23)(H,24,25)(H2,19,20,21)/t10-,11-,12-,14-/m1/s1. The molecule has 1 aromatic carbocycles. The second-order valence-electron chi connectivity index (χ2n) is 6.84. The number of carbonyl (C=O) groups excluding carboxylic acids is 1. The Morgan fingerprint density at radius 1 is 1.00 bits per heavy atom. The van der Waals surface area contributed by atoms with Crippen molar-refractivity contribution in [2.24, 2.45) is 0 Å². The van der Waals surface area contributed by atoms with Crippen molar-refractivity contribution in [3.8, 4) is 0 Å². The number of fused-ring (bicyclic) bond motifs is 1. The van der Waals surface area contributed by atoms with Crippen molar-refractivity contribution in [2.75, 3.05) is 13.2 Å². The summed E-state index contributed by atoms with van der Waals surface area (Å²) >= 11 is 0. The van der Waals surface area contributed by atoms with Crippen molar-refractivity contribution in [1.29, 1.82) is 0 Å². The topological polar surface area (TPSA) is 230 Å². The Kier molecular flexibility index (Phi) is 7.46. The zero-order valence-electron chi connectivity index (χ0n) is 16.0. The van der Waals surface area contributed by atoms with Crippen molar-refractivity contribution in [1.82, 2.24) is 4.90 Å². The van der Waals surface area contributed by atoms with Crippen molar-refractivity contribution < 1.29 is 66.2 Å². The first-order valence-corrected chi connectivity index (χ1v) is 13.4. The van der Waals surface area contributed by atoms with Gasteiger partial charge in [-0.1, -0.05) is 18.2 Å². The fraction of sp³-hybridized carbons (Fsp3) is 0.500. The van der Waals surface area contributed by atoms with Gasteiger partial charge in [-0.2, -0.15) is 8.62 Å². The number of aliphatic hydroxyl groups excluding tert-OH is 2. The van der Waals surface area contributed by atoms with Crippen molar-refractivity contribution in [3.05, 3.63) is 35.4 Å². The molecule has 2 unspecified atom stereocenters. The summed E-state index contributed by atoms with van der Waals surface area (Å²) in [5.41, 5.74) is 1.19. The molecule has 3 rings (SSSR count). The number of rotatable bonds is 8. The van der Waals surface area contributed by atoms with Gasteiger partial charge in [-0.25, -0.2) is 13.7 Å². The molecule has 2 heterocycles. The molecule has 6 N–H and O–H groups in total. The van der Waals surface area contributed by atoms with Gasteiger partial charge in [-0.05, 0) is 18.1 Å². The Labute approximate surface area is 180 Å². The maximum atomic E-state index is 12.7. The normalized spacial score (nSPS) is 29.9. The summed E-state index contributed by atoms with van der Waals surface area (Å²) in [6.07, 6.45) is -5.63. The molecule has 32 heavy (non-hydrogen) atoms. The maximum Gasteiger partial charge on any atom is 0.490 e. The predicted molar refractivity (Wildman–Crippen MR) is 102 cm³/mol. The summed E-state index contributed by atoms with van der Waals surface area (Å²) in [7, 11) is -16.7. The molecule has 0 bridgehead atoms. The molecule has 1 fully saturated rings. The van der Waals surface area contributed by atoms with Gasteiger partial charge in [0.1, 0.15) is 18.3 Å². The Bertz CT molecular complexity index is 1010. The summed E-state index contributed by atoms with van der Waals surface area (Å²) in [6, 6.07) is 6.79. The molecule has 15 nitrogen and oxygen atoms in total. The maximum absolute atomic E-state index is 12.7. The highest BCUT2D eigenvalue weighted by atomic mass is 31.3. The lowest BCUT2D eigenvalue weighted by Crippen LogP contribution is -2.50. The van der Waals surface area contributed by atoms with E-state index in [0.29, 0.717) is 12.0 Å². The van der Waals surface area contributed by atoms with Gasteiger partial charge in [0.2, 0.25) is 0 Å². The first-order valence-electron chi connectivity index (χ1n) is 8.88. The number of phosphoric ester groups is 1. The van der Waals surface area contributed by atoms with Crippen LogP contribution in [0.4, 0.5) is 0 Å². The van der Waals surface area contributed by atoms with E-state index in [0.717, 1.165) is 5.56 Å². The monoisotopic (exact) mass is 519 g/mol. The number of benzene rings is 1. The van der Waals surface area contributed by atoms with E-state index in [9.17, 15) is 33.6 Å². The van der Waals surface area contributed by atoms with Gasteiger partial charge in [0, 0.05) is 12.1 Å². The molecule has 1 amide bonds. The van der Waals surface area contributed by atoms with Crippen LogP contribution in [0, 0.1) is 0 Å². The number of hydrogen-bond acceptors (Lipinski definition) is 10. The molecular formula is C14H20NO14P3. The SMILES string of the molecule is O=C1c2ccccc2CCN1[C@@H]1O[C@H](COP(=O)(O)OP(=O)(O)OP(=O)(O)O)[C@@H](O)[C@H]1O. The number of ether oxygens (including phenoxy) is 1. The minimum absolute atomic E-state index is 0.160. The summed E-state index contributed by atoms with van der Waals surface area (Å²) in [6.45, 7) is -0.802. The molecule has 0 aromatic heterocycles. The second-order valence-corrected chi connectivity index (χ2v) is 11.3. The lowest BCUT2D eigenvalue weighted by atomic mass is 9.98. The molecule has 0 spiro atoms. The molecule has 0 radical (unpaired) electrons. The zero-order chi connectivity index (χ0) is 23.9. The van der Waals surface area contributed by atoms with Crippen LogP contribution in [0.1, 0.15) is 15.9 Å². The number of aliphatic hydroxyl groups is 2. The Morgan fingerprint density at radius 3 is 2.31 bits per heavy atom. The van der Waals surface area contributed by atoms with Gasteiger partial charge in [0.25, 0.3) is 5.91 Å². The van der Waals surface area contributed by atoms with Crippen LogP contribution in [0.2, 0.25) is 0 Å². The zero-order valence-corrected chi connectivity index (χ0v) is 18.7. The fourth-order valence-corrected chi connectivity index (χ4v) is 6.31. The number of carbonyl (C=O) groups is 1. The van der Waals surface area contributed by atoms with Crippen LogP contribution in [-0.4, -0.2) is 78.3 Å². The Morgan fingerprint density at radius 2 is 1.66 bits per heavy atom. The summed E-state index contributed by atoms with van der Waals surface area (Å²) < 4.78 is 50.8. The van der Waals surface area contributed by atoms with E-state index in [-0.39, 0.29) is 6.54 Å². The van der Waals surface area contributed by atoms with Crippen LogP contribution < -0.4 is 0 Å². The summed E-state index contributed by atoms with van der Waals surface area (Å²) in [5.74, 6) is -0.461. The second kappa shape index (κ2) is 9.32. The van der Waals surface area contributed by atoms with Gasteiger partial charge in [0.15, 0.2) is 6.23 Å². The number of nitrogens with zero attached hydrogens (tertiary/aromatic N) is 1. The van der Waals surface area contributed by atoms with Gasteiger partial charge < -0.3 is 39.4 Å². The average Bonchev–Trinajstić information content (AvgIpc) is 2.92.